The predicted molar refractivity (Wildman–Crippen MR) is 263 cm³/mol. The van der Waals surface area contributed by atoms with Gasteiger partial charge in [-0.2, -0.15) is 35.1 Å². The number of ketones is 2. The van der Waals surface area contributed by atoms with Gasteiger partial charge in [0.05, 0.1) is 25.3 Å². The zero-order valence-corrected chi connectivity index (χ0v) is 40.4. The highest BCUT2D eigenvalue weighted by Gasteiger charge is 2.54. The Morgan fingerprint density at radius 2 is 0.909 bits per heavy atom. The maximum Gasteiger partial charge on any atom is 0.461 e. The van der Waals surface area contributed by atoms with Gasteiger partial charge in [0.1, 0.15) is 11.5 Å². The topological polar surface area (TPSA) is 216 Å². The Morgan fingerprint density at radius 1 is 0.532 bits per heavy atom. The van der Waals surface area contributed by atoms with Gasteiger partial charge in [-0.3, -0.25) is 9.59 Å². The van der Waals surface area contributed by atoms with Gasteiger partial charge in [0.15, 0.2) is 28.8 Å². The van der Waals surface area contributed by atoms with E-state index in [0.717, 1.165) is 60.7 Å². The molecule has 6 aromatic rings. The molecule has 0 aliphatic heterocycles. The van der Waals surface area contributed by atoms with Crippen LogP contribution in [0, 0.1) is 5.41 Å². The Labute approximate surface area is 433 Å². The van der Waals surface area contributed by atoms with Gasteiger partial charge in [-0.15, -0.1) is 0 Å². The molecule has 0 saturated carbocycles. The first-order chi connectivity index (χ1) is 36.3. The summed E-state index contributed by atoms with van der Waals surface area (Å²) in [5.41, 5.74) is 11.7. The van der Waals surface area contributed by atoms with Gasteiger partial charge < -0.3 is 50.1 Å². The monoisotopic (exact) mass is 1080 g/mol. The van der Waals surface area contributed by atoms with Crippen LogP contribution >= 0.6 is 0 Å². The molecule has 22 heteroatoms. The molecule has 404 valence electrons. The molecule has 0 aliphatic carbocycles. The summed E-state index contributed by atoms with van der Waals surface area (Å²) in [5.74, 6) is -8.89. The minimum Gasteiger partial charge on any atom is -0.493 e. The second kappa shape index (κ2) is 24.3. The van der Waals surface area contributed by atoms with Crippen LogP contribution in [0.25, 0.3) is 12.2 Å². The highest BCUT2D eigenvalue weighted by atomic mass is 19.3. The minimum absolute atomic E-state index is 0.00987. The Morgan fingerprint density at radius 3 is 1.27 bits per heavy atom. The van der Waals surface area contributed by atoms with E-state index in [1.54, 1.807) is 48.5 Å². The molecule has 0 aliphatic rings. The number of nitrogens with two attached hydrogens (primary N) is 2. The smallest absolute Gasteiger partial charge is 0.461 e. The van der Waals surface area contributed by atoms with Crippen molar-refractivity contribution in [3.05, 3.63) is 179 Å². The summed E-state index contributed by atoms with van der Waals surface area (Å²) in [6, 6.07) is 28.2. The number of benzene rings is 6. The first kappa shape index (κ1) is 57.5. The summed E-state index contributed by atoms with van der Waals surface area (Å²) in [6.07, 6.45) is -14.5. The Hall–Kier alpha value is -8.76. The first-order valence-electron chi connectivity index (χ1n) is 22.6. The van der Waals surface area contributed by atoms with Crippen molar-refractivity contribution in [3.63, 3.8) is 0 Å². The van der Waals surface area contributed by atoms with E-state index in [9.17, 15) is 64.5 Å². The summed E-state index contributed by atoms with van der Waals surface area (Å²) in [6.45, 7) is 0. The second-order valence-electron chi connectivity index (χ2n) is 17.0. The molecule has 0 heterocycles. The fourth-order valence-electron chi connectivity index (χ4n) is 7.52. The molecule has 0 radical (unpaired) electrons. The van der Waals surface area contributed by atoms with Crippen LogP contribution in [0.4, 0.5) is 46.5 Å². The average Bonchev–Trinajstić information content (AvgIpc) is 3.41. The molecule has 0 atom stereocenters. The van der Waals surface area contributed by atoms with E-state index in [4.69, 9.17) is 30.4 Å². The van der Waals surface area contributed by atoms with E-state index >= 15 is 0 Å². The number of esters is 2. The quantitative estimate of drug-likeness (QED) is 0.0111. The lowest BCUT2D eigenvalue weighted by Gasteiger charge is -2.42. The van der Waals surface area contributed by atoms with Crippen molar-refractivity contribution in [1.82, 2.24) is 0 Å². The third-order valence-electron chi connectivity index (χ3n) is 11.5. The SMILES string of the molecule is COc1cc(/C=C/C(=O)CC(Cc2ccc(N)cc2)(Cc2ccc(N)cc2)C(O)(O)C(=O)/C=C/c2ccc(OC(=O)c3ccc(OC(F)(F)C(F)F)cc3)c(OC)c2)ccc1OC(=O)c1ccc(OC(F)(F)C(F)F)cc1. The lowest BCUT2D eigenvalue weighted by molar-refractivity contribution is -0.253. The third kappa shape index (κ3) is 14.8. The van der Waals surface area contributed by atoms with Gasteiger partial charge in [0.2, 0.25) is 11.6 Å². The molecule has 0 saturated heterocycles. The van der Waals surface area contributed by atoms with Crippen LogP contribution in [0.5, 0.6) is 34.5 Å². The maximum atomic E-state index is 14.3. The average molecular weight is 1080 g/mol. The molecular formula is C55H46F8N2O12. The van der Waals surface area contributed by atoms with Crippen molar-refractivity contribution >= 4 is 47.0 Å². The number of ether oxygens (including phenoxy) is 6. The predicted octanol–water partition coefficient (Wildman–Crippen LogP) is 10.2. The standard InChI is InChI=1S/C55H46F8N2O12/c1-72-45-27-32(8-24-43(45)74-48(68)36-11-20-41(21-12-36)76-54(60,61)50(56)57)7-19-40(66)31-52(29-34-3-15-38(64)16-4-34,30-35-5-17-39(65)18-6-35)53(70,71)47(67)26-10-33-9-25-44(46(28-33)73-2)75-49(69)37-13-22-42(23-14-37)77-55(62,63)51(58)59/h3-28,50-51,70-71H,29-31,64-65H2,1-2H3/b19-7+,26-10+. The lowest BCUT2D eigenvalue weighted by atomic mass is 9.65. The largest absolute Gasteiger partial charge is 0.493 e. The Balaban J connectivity index is 1.25. The van der Waals surface area contributed by atoms with Crippen LogP contribution in [-0.4, -0.2) is 78.8 Å². The molecule has 77 heavy (non-hydrogen) atoms. The van der Waals surface area contributed by atoms with E-state index in [0.29, 0.717) is 28.1 Å². The second-order valence-corrected chi connectivity index (χ2v) is 17.0. The molecular weight excluding hydrogens is 1030 g/mol. The number of anilines is 2. The van der Waals surface area contributed by atoms with Crippen LogP contribution in [0.2, 0.25) is 0 Å². The normalized spacial score (nSPS) is 12.2. The summed E-state index contributed by atoms with van der Waals surface area (Å²) in [5, 5.41) is 24.5. The van der Waals surface area contributed by atoms with Gasteiger partial charge >= 0.3 is 37.0 Å². The van der Waals surface area contributed by atoms with Crippen molar-refractivity contribution in [2.24, 2.45) is 5.41 Å². The summed E-state index contributed by atoms with van der Waals surface area (Å²) < 4.78 is 133. The zero-order chi connectivity index (χ0) is 56.3. The third-order valence-corrected chi connectivity index (χ3v) is 11.5. The molecule has 6 N–H and O–H groups in total. The maximum absolute atomic E-state index is 14.3. The van der Waals surface area contributed by atoms with E-state index in [-0.39, 0.29) is 52.5 Å². The van der Waals surface area contributed by atoms with Crippen molar-refractivity contribution in [1.29, 1.82) is 0 Å². The van der Waals surface area contributed by atoms with Crippen LogP contribution in [0.1, 0.15) is 49.4 Å². The minimum atomic E-state index is -4.78. The van der Waals surface area contributed by atoms with Gasteiger partial charge in [-0.25, -0.2) is 9.59 Å². The highest BCUT2D eigenvalue weighted by Crippen LogP contribution is 2.43. The number of halogens is 8. The van der Waals surface area contributed by atoms with Gasteiger partial charge in [0, 0.05) is 23.2 Å². The molecule has 0 spiro atoms. The summed E-state index contributed by atoms with van der Waals surface area (Å²) in [7, 11) is 2.48. The van der Waals surface area contributed by atoms with Crippen molar-refractivity contribution in [2.75, 3.05) is 25.7 Å². The van der Waals surface area contributed by atoms with Crippen LogP contribution in [-0.2, 0) is 22.4 Å². The number of alkyl halides is 8. The molecule has 0 fully saturated rings. The van der Waals surface area contributed by atoms with E-state index in [1.165, 1.54) is 62.8 Å². The molecule has 0 bridgehead atoms. The lowest BCUT2D eigenvalue weighted by Crippen LogP contribution is -2.57. The number of allylic oxidation sites excluding steroid dienone is 1. The van der Waals surface area contributed by atoms with Crippen molar-refractivity contribution in [3.8, 4) is 34.5 Å². The number of hydrogen-bond acceptors (Lipinski definition) is 14. The number of hydrogen-bond donors (Lipinski definition) is 4. The van der Waals surface area contributed by atoms with Crippen molar-refractivity contribution < 1.29 is 92.9 Å². The number of aliphatic hydroxyl groups is 2. The Kier molecular flexibility index (Phi) is 18.1. The highest BCUT2D eigenvalue weighted by molar-refractivity contribution is 6.01. The first-order valence-corrected chi connectivity index (χ1v) is 22.6. The van der Waals surface area contributed by atoms with E-state index in [1.807, 2.05) is 0 Å². The fourth-order valence-corrected chi connectivity index (χ4v) is 7.52. The van der Waals surface area contributed by atoms with Crippen LogP contribution < -0.4 is 39.9 Å². The Bertz CT molecular complexity index is 3070. The molecule has 0 aromatic heterocycles. The molecule has 6 aromatic carbocycles. The van der Waals surface area contributed by atoms with Gasteiger partial charge in [-0.05, 0) is 144 Å². The fraction of sp³-hybridized carbons (Fsp3) is 0.200. The van der Waals surface area contributed by atoms with Gasteiger partial charge in [-0.1, -0.05) is 48.6 Å². The number of nitrogen functional groups attached to an aromatic ring is 2. The summed E-state index contributed by atoms with van der Waals surface area (Å²) in [4.78, 5) is 54.4. The van der Waals surface area contributed by atoms with Crippen molar-refractivity contribution in [2.45, 2.75) is 50.1 Å². The summed E-state index contributed by atoms with van der Waals surface area (Å²) >= 11 is 0. The molecule has 0 unspecified atom stereocenters. The number of methoxy groups -OCH3 is 2. The van der Waals surface area contributed by atoms with Gasteiger partial charge in [0.25, 0.3) is 0 Å². The van der Waals surface area contributed by atoms with Crippen LogP contribution in [0.15, 0.2) is 146 Å². The molecule has 0 amide bonds. The molecule has 14 nitrogen and oxygen atoms in total. The van der Waals surface area contributed by atoms with E-state index < -0.39 is 77.7 Å². The van der Waals surface area contributed by atoms with Crippen LogP contribution in [0.3, 0.4) is 0 Å². The zero-order valence-electron chi connectivity index (χ0n) is 40.4. The number of carbonyl (C=O) groups excluding carboxylic acids is 4. The molecule has 6 rings (SSSR count). The van der Waals surface area contributed by atoms with E-state index in [2.05, 4.69) is 9.47 Å². The number of carbonyl (C=O) groups is 4. The number of rotatable bonds is 24.